The minimum absolute atomic E-state index is 0.193. The van der Waals surface area contributed by atoms with E-state index in [1.54, 1.807) is 13.2 Å². The molecule has 2 nitrogen and oxygen atoms in total. The lowest BCUT2D eigenvalue weighted by Crippen LogP contribution is -1.94. The molecule has 3 rings (SSSR count). The molecule has 0 aliphatic rings. The first-order valence-corrected chi connectivity index (χ1v) is 6.41. The van der Waals surface area contributed by atoms with Crippen LogP contribution in [0.2, 0.25) is 0 Å². The molecule has 106 valence electrons. The van der Waals surface area contributed by atoms with Gasteiger partial charge in [-0.2, -0.15) is 0 Å². The number of nitrogens with two attached hydrogens (primary N) is 1. The highest BCUT2D eigenvalue weighted by atomic mass is 19.1. The Bertz CT molecular complexity index is 830. The standard InChI is InChI=1S/C17H13F2NO/c1-21-13-5-4-10-6-12(3-2-11(10)7-13)14-8-16(19)17(20)9-15(14)18/h2-9H,20H2,1H3. The van der Waals surface area contributed by atoms with Gasteiger partial charge in [-0.05, 0) is 40.6 Å². The van der Waals surface area contributed by atoms with E-state index < -0.39 is 11.6 Å². The Balaban J connectivity index is 2.15. The van der Waals surface area contributed by atoms with E-state index >= 15 is 0 Å². The van der Waals surface area contributed by atoms with Gasteiger partial charge < -0.3 is 10.5 Å². The summed E-state index contributed by atoms with van der Waals surface area (Å²) in [6.45, 7) is 0. The van der Waals surface area contributed by atoms with Gasteiger partial charge in [0.15, 0.2) is 0 Å². The van der Waals surface area contributed by atoms with E-state index in [0.717, 1.165) is 28.7 Å². The Kier molecular flexibility index (Phi) is 3.22. The summed E-state index contributed by atoms with van der Waals surface area (Å²) in [5.41, 5.74) is 5.96. The van der Waals surface area contributed by atoms with Gasteiger partial charge in [0.05, 0.1) is 12.8 Å². The number of nitrogen functional groups attached to an aromatic ring is 1. The Morgan fingerprint density at radius 2 is 1.57 bits per heavy atom. The highest BCUT2D eigenvalue weighted by molar-refractivity contribution is 5.88. The maximum Gasteiger partial charge on any atom is 0.146 e. The molecule has 3 aromatic carbocycles. The summed E-state index contributed by atoms with van der Waals surface area (Å²) in [6.07, 6.45) is 0. The van der Waals surface area contributed by atoms with E-state index in [4.69, 9.17) is 10.5 Å². The van der Waals surface area contributed by atoms with Crippen molar-refractivity contribution < 1.29 is 13.5 Å². The summed E-state index contributed by atoms with van der Waals surface area (Å²) in [5, 5.41) is 1.89. The molecule has 0 unspecified atom stereocenters. The molecule has 0 aliphatic carbocycles. The second-order valence-corrected chi connectivity index (χ2v) is 4.78. The zero-order valence-electron chi connectivity index (χ0n) is 11.4. The predicted octanol–water partition coefficient (Wildman–Crippen LogP) is 4.38. The van der Waals surface area contributed by atoms with Gasteiger partial charge in [-0.15, -0.1) is 0 Å². The number of fused-ring (bicyclic) bond motifs is 1. The molecule has 0 amide bonds. The Hall–Kier alpha value is -2.62. The van der Waals surface area contributed by atoms with Crippen LogP contribution in [0.25, 0.3) is 21.9 Å². The number of halogens is 2. The van der Waals surface area contributed by atoms with Gasteiger partial charge in [0.2, 0.25) is 0 Å². The van der Waals surface area contributed by atoms with Crippen molar-refractivity contribution in [1.29, 1.82) is 0 Å². The molecular formula is C17H13F2NO. The zero-order valence-corrected chi connectivity index (χ0v) is 11.4. The van der Waals surface area contributed by atoms with E-state index in [2.05, 4.69) is 0 Å². The second-order valence-electron chi connectivity index (χ2n) is 4.78. The van der Waals surface area contributed by atoms with Crippen LogP contribution in [0.1, 0.15) is 0 Å². The third kappa shape index (κ3) is 2.40. The van der Waals surface area contributed by atoms with Crippen LogP contribution in [-0.4, -0.2) is 7.11 Å². The van der Waals surface area contributed by atoms with Gasteiger partial charge >= 0.3 is 0 Å². The second kappa shape index (κ2) is 5.05. The molecule has 0 aromatic heterocycles. The highest BCUT2D eigenvalue weighted by Gasteiger charge is 2.10. The number of benzene rings is 3. The van der Waals surface area contributed by atoms with E-state index in [9.17, 15) is 8.78 Å². The van der Waals surface area contributed by atoms with Crippen molar-refractivity contribution in [3.63, 3.8) is 0 Å². The van der Waals surface area contributed by atoms with E-state index in [0.29, 0.717) is 5.56 Å². The van der Waals surface area contributed by atoms with Crippen LogP contribution < -0.4 is 10.5 Å². The smallest absolute Gasteiger partial charge is 0.146 e. The minimum atomic E-state index is -0.624. The van der Waals surface area contributed by atoms with Crippen LogP contribution in [0, 0.1) is 11.6 Å². The fourth-order valence-electron chi connectivity index (χ4n) is 2.30. The molecule has 0 spiro atoms. The van der Waals surface area contributed by atoms with Crippen LogP contribution >= 0.6 is 0 Å². The van der Waals surface area contributed by atoms with Crippen molar-refractivity contribution in [2.24, 2.45) is 0 Å². The Morgan fingerprint density at radius 3 is 2.33 bits per heavy atom. The molecule has 2 N–H and O–H groups in total. The largest absolute Gasteiger partial charge is 0.497 e. The SMILES string of the molecule is COc1ccc2cc(-c3cc(F)c(N)cc3F)ccc2c1. The molecule has 21 heavy (non-hydrogen) atoms. The number of hydrogen-bond donors (Lipinski definition) is 1. The molecule has 0 saturated carbocycles. The molecule has 0 bridgehead atoms. The number of methoxy groups -OCH3 is 1. The van der Waals surface area contributed by atoms with Gasteiger partial charge in [-0.3, -0.25) is 0 Å². The minimum Gasteiger partial charge on any atom is -0.497 e. The normalized spacial score (nSPS) is 10.8. The van der Waals surface area contributed by atoms with Crippen LogP contribution in [0.3, 0.4) is 0 Å². The van der Waals surface area contributed by atoms with E-state index in [1.807, 2.05) is 30.3 Å². The molecular weight excluding hydrogens is 272 g/mol. The number of rotatable bonds is 2. The molecule has 0 radical (unpaired) electrons. The first kappa shape index (κ1) is 13.4. The summed E-state index contributed by atoms with van der Waals surface area (Å²) in [6, 6.07) is 13.1. The summed E-state index contributed by atoms with van der Waals surface area (Å²) >= 11 is 0. The van der Waals surface area contributed by atoms with Gasteiger partial charge in [0, 0.05) is 11.6 Å². The third-order valence-electron chi connectivity index (χ3n) is 3.44. The quantitative estimate of drug-likeness (QED) is 0.709. The summed E-state index contributed by atoms with van der Waals surface area (Å²) in [4.78, 5) is 0. The molecule has 4 heteroatoms. The molecule has 0 saturated heterocycles. The van der Waals surface area contributed by atoms with Crippen LogP contribution in [-0.2, 0) is 0 Å². The van der Waals surface area contributed by atoms with Gasteiger partial charge in [0.1, 0.15) is 17.4 Å². The zero-order chi connectivity index (χ0) is 15.0. The monoisotopic (exact) mass is 285 g/mol. The van der Waals surface area contributed by atoms with Gasteiger partial charge in [0.25, 0.3) is 0 Å². The van der Waals surface area contributed by atoms with Crippen molar-refractivity contribution in [1.82, 2.24) is 0 Å². The van der Waals surface area contributed by atoms with Gasteiger partial charge in [-0.25, -0.2) is 8.78 Å². The fraction of sp³-hybridized carbons (Fsp3) is 0.0588. The van der Waals surface area contributed by atoms with Crippen LogP contribution in [0.5, 0.6) is 5.75 Å². The maximum atomic E-state index is 14.0. The topological polar surface area (TPSA) is 35.2 Å². The number of anilines is 1. The Morgan fingerprint density at radius 1 is 0.857 bits per heavy atom. The first-order valence-electron chi connectivity index (χ1n) is 6.41. The fourth-order valence-corrected chi connectivity index (χ4v) is 2.30. The number of ether oxygens (including phenoxy) is 1. The molecule has 3 aromatic rings. The van der Waals surface area contributed by atoms with E-state index in [-0.39, 0.29) is 11.3 Å². The average Bonchev–Trinajstić information content (AvgIpc) is 2.50. The predicted molar refractivity (Wildman–Crippen MR) is 80.3 cm³/mol. The molecule has 0 atom stereocenters. The third-order valence-corrected chi connectivity index (χ3v) is 3.44. The van der Waals surface area contributed by atoms with Crippen molar-refractivity contribution in [3.05, 3.63) is 60.2 Å². The van der Waals surface area contributed by atoms with Crippen molar-refractivity contribution in [2.75, 3.05) is 12.8 Å². The van der Waals surface area contributed by atoms with Crippen LogP contribution in [0.4, 0.5) is 14.5 Å². The first-order chi connectivity index (χ1) is 10.1. The maximum absolute atomic E-state index is 14.0. The summed E-state index contributed by atoms with van der Waals surface area (Å²) < 4.78 is 32.7. The molecule has 0 aliphatic heterocycles. The summed E-state index contributed by atoms with van der Waals surface area (Å²) in [5.74, 6) is -0.414. The van der Waals surface area contributed by atoms with Gasteiger partial charge in [-0.1, -0.05) is 18.2 Å². The average molecular weight is 285 g/mol. The molecule has 0 fully saturated rings. The Labute approximate surface area is 120 Å². The lowest BCUT2D eigenvalue weighted by molar-refractivity contribution is 0.415. The molecule has 0 heterocycles. The van der Waals surface area contributed by atoms with Crippen LogP contribution in [0.15, 0.2) is 48.5 Å². The highest BCUT2D eigenvalue weighted by Crippen LogP contribution is 2.30. The lowest BCUT2D eigenvalue weighted by Gasteiger charge is -2.08. The lowest BCUT2D eigenvalue weighted by atomic mass is 10.00. The summed E-state index contributed by atoms with van der Waals surface area (Å²) in [7, 11) is 1.60. The van der Waals surface area contributed by atoms with Crippen molar-refractivity contribution in [3.8, 4) is 16.9 Å². The van der Waals surface area contributed by atoms with Crippen molar-refractivity contribution in [2.45, 2.75) is 0 Å². The van der Waals surface area contributed by atoms with E-state index in [1.165, 1.54) is 0 Å². The van der Waals surface area contributed by atoms with Crippen molar-refractivity contribution >= 4 is 16.5 Å². The number of hydrogen-bond acceptors (Lipinski definition) is 2.